The molecule has 0 unspecified atom stereocenters. The molecule has 1 aromatic carbocycles. The van der Waals surface area contributed by atoms with Crippen molar-refractivity contribution in [3.05, 3.63) is 53.7 Å². The van der Waals surface area contributed by atoms with Gasteiger partial charge >= 0.3 is 0 Å². The normalized spacial score (nSPS) is 10.7. The molecule has 0 fully saturated rings. The summed E-state index contributed by atoms with van der Waals surface area (Å²) in [7, 11) is 0. The Labute approximate surface area is 129 Å². The van der Waals surface area contributed by atoms with E-state index in [0.717, 1.165) is 39.1 Å². The maximum atomic E-state index is 11.2. The second-order valence-electron chi connectivity index (χ2n) is 5.41. The first-order valence-corrected chi connectivity index (χ1v) is 7.15. The van der Waals surface area contributed by atoms with Crippen LogP contribution in [0.15, 0.2) is 42.6 Å². The van der Waals surface area contributed by atoms with Crippen LogP contribution in [-0.2, 0) is 4.79 Å². The van der Waals surface area contributed by atoms with Crippen molar-refractivity contribution in [3.8, 4) is 11.4 Å². The molecule has 0 radical (unpaired) electrons. The summed E-state index contributed by atoms with van der Waals surface area (Å²) in [6.07, 6.45) is 1.77. The monoisotopic (exact) mass is 291 g/mol. The van der Waals surface area contributed by atoms with Crippen molar-refractivity contribution in [2.45, 2.75) is 20.8 Å². The first kappa shape index (κ1) is 14.2. The molecule has 3 aromatic rings. The SMILES string of the molecule is CC(=O)Nc1cc(C)c2nc(-c3ccccn3)cc(C)c2c1. The molecule has 4 nitrogen and oxygen atoms in total. The fourth-order valence-electron chi connectivity index (χ4n) is 2.59. The van der Waals surface area contributed by atoms with Crippen LogP contribution in [0.25, 0.3) is 22.3 Å². The van der Waals surface area contributed by atoms with Crippen LogP contribution in [0.2, 0.25) is 0 Å². The van der Waals surface area contributed by atoms with Gasteiger partial charge in [-0.25, -0.2) is 4.98 Å². The highest BCUT2D eigenvalue weighted by Gasteiger charge is 2.09. The third-order valence-corrected chi connectivity index (χ3v) is 3.56. The van der Waals surface area contributed by atoms with E-state index in [1.54, 1.807) is 6.20 Å². The number of amides is 1. The number of aryl methyl sites for hydroxylation is 2. The van der Waals surface area contributed by atoms with Crippen molar-refractivity contribution in [1.29, 1.82) is 0 Å². The van der Waals surface area contributed by atoms with Gasteiger partial charge in [0.05, 0.1) is 16.9 Å². The van der Waals surface area contributed by atoms with Crippen molar-refractivity contribution < 1.29 is 4.79 Å². The van der Waals surface area contributed by atoms with E-state index in [1.165, 1.54) is 6.92 Å². The highest BCUT2D eigenvalue weighted by molar-refractivity contribution is 5.95. The quantitative estimate of drug-likeness (QED) is 0.779. The molecule has 1 amide bonds. The maximum absolute atomic E-state index is 11.2. The van der Waals surface area contributed by atoms with Gasteiger partial charge in [-0.15, -0.1) is 0 Å². The number of carbonyl (C=O) groups excluding carboxylic acids is 1. The second-order valence-corrected chi connectivity index (χ2v) is 5.41. The number of aromatic nitrogens is 2. The zero-order valence-corrected chi connectivity index (χ0v) is 12.8. The molecular formula is C18H17N3O. The Hall–Kier alpha value is -2.75. The molecule has 0 atom stereocenters. The Morgan fingerprint density at radius 3 is 2.55 bits per heavy atom. The van der Waals surface area contributed by atoms with Crippen LogP contribution in [0, 0.1) is 13.8 Å². The molecular weight excluding hydrogens is 274 g/mol. The number of hydrogen-bond acceptors (Lipinski definition) is 3. The standard InChI is InChI=1S/C18H17N3O/c1-11-9-17(16-6-4-5-7-19-16)21-18-12(2)8-14(10-15(11)18)20-13(3)22/h4-10H,1-3H3,(H,20,22). The Kier molecular flexibility index (Phi) is 3.59. The van der Waals surface area contributed by atoms with E-state index in [-0.39, 0.29) is 5.91 Å². The lowest BCUT2D eigenvalue weighted by atomic mass is 10.0. The van der Waals surface area contributed by atoms with E-state index in [1.807, 2.05) is 50.2 Å². The summed E-state index contributed by atoms with van der Waals surface area (Å²) in [6, 6.07) is 11.7. The van der Waals surface area contributed by atoms with E-state index >= 15 is 0 Å². The molecule has 22 heavy (non-hydrogen) atoms. The minimum Gasteiger partial charge on any atom is -0.326 e. The van der Waals surface area contributed by atoms with Crippen LogP contribution in [0.5, 0.6) is 0 Å². The van der Waals surface area contributed by atoms with Crippen molar-refractivity contribution in [3.63, 3.8) is 0 Å². The number of nitrogens with zero attached hydrogens (tertiary/aromatic N) is 2. The number of anilines is 1. The molecule has 110 valence electrons. The van der Waals surface area contributed by atoms with Gasteiger partial charge in [-0.1, -0.05) is 6.07 Å². The second kappa shape index (κ2) is 5.56. The lowest BCUT2D eigenvalue weighted by molar-refractivity contribution is -0.114. The molecule has 0 spiro atoms. The number of carbonyl (C=O) groups is 1. The van der Waals surface area contributed by atoms with Crippen LogP contribution >= 0.6 is 0 Å². The summed E-state index contributed by atoms with van der Waals surface area (Å²) < 4.78 is 0. The molecule has 4 heteroatoms. The van der Waals surface area contributed by atoms with Crippen LogP contribution in [0.3, 0.4) is 0 Å². The number of pyridine rings is 2. The number of rotatable bonds is 2. The third-order valence-electron chi connectivity index (χ3n) is 3.56. The average molecular weight is 291 g/mol. The minimum absolute atomic E-state index is 0.0746. The summed E-state index contributed by atoms with van der Waals surface area (Å²) in [6.45, 7) is 5.56. The van der Waals surface area contributed by atoms with E-state index in [4.69, 9.17) is 4.98 Å². The van der Waals surface area contributed by atoms with Gasteiger partial charge in [0, 0.05) is 24.2 Å². The molecule has 3 rings (SSSR count). The Morgan fingerprint density at radius 2 is 1.86 bits per heavy atom. The molecule has 1 N–H and O–H groups in total. The fraction of sp³-hybridized carbons (Fsp3) is 0.167. The largest absolute Gasteiger partial charge is 0.326 e. The number of nitrogens with one attached hydrogen (secondary N) is 1. The van der Waals surface area contributed by atoms with Gasteiger partial charge in [0.2, 0.25) is 5.91 Å². The van der Waals surface area contributed by atoms with E-state index in [9.17, 15) is 4.79 Å². The predicted octanol–water partition coefficient (Wildman–Crippen LogP) is 3.87. The van der Waals surface area contributed by atoms with Crippen LogP contribution < -0.4 is 5.32 Å². The first-order valence-electron chi connectivity index (χ1n) is 7.15. The maximum Gasteiger partial charge on any atom is 0.221 e. The molecule has 0 aliphatic heterocycles. The van der Waals surface area contributed by atoms with Crippen molar-refractivity contribution >= 4 is 22.5 Å². The van der Waals surface area contributed by atoms with Crippen LogP contribution in [0.1, 0.15) is 18.1 Å². The van der Waals surface area contributed by atoms with E-state index < -0.39 is 0 Å². The smallest absolute Gasteiger partial charge is 0.221 e. The zero-order chi connectivity index (χ0) is 15.7. The zero-order valence-electron chi connectivity index (χ0n) is 12.8. The summed E-state index contributed by atoms with van der Waals surface area (Å²) in [4.78, 5) is 20.4. The molecule has 2 aromatic heterocycles. The summed E-state index contributed by atoms with van der Waals surface area (Å²) in [5, 5.41) is 3.88. The number of fused-ring (bicyclic) bond motifs is 1. The molecule has 0 bridgehead atoms. The van der Waals surface area contributed by atoms with E-state index in [0.29, 0.717) is 0 Å². The average Bonchev–Trinajstić information content (AvgIpc) is 2.48. The van der Waals surface area contributed by atoms with Crippen LogP contribution in [0.4, 0.5) is 5.69 Å². The third kappa shape index (κ3) is 2.68. The van der Waals surface area contributed by atoms with E-state index in [2.05, 4.69) is 10.3 Å². The molecule has 0 saturated heterocycles. The van der Waals surface area contributed by atoms with Gasteiger partial charge in [-0.3, -0.25) is 9.78 Å². The van der Waals surface area contributed by atoms with Crippen molar-refractivity contribution in [1.82, 2.24) is 9.97 Å². The highest BCUT2D eigenvalue weighted by atomic mass is 16.1. The first-order chi connectivity index (χ1) is 10.5. The molecule has 0 saturated carbocycles. The highest BCUT2D eigenvalue weighted by Crippen LogP contribution is 2.28. The summed E-state index contributed by atoms with van der Waals surface area (Å²) >= 11 is 0. The lowest BCUT2D eigenvalue weighted by Crippen LogP contribution is -2.06. The molecule has 0 aliphatic rings. The molecule has 0 aliphatic carbocycles. The fourth-order valence-corrected chi connectivity index (χ4v) is 2.59. The van der Waals surface area contributed by atoms with Gasteiger partial charge in [0.25, 0.3) is 0 Å². The Balaban J connectivity index is 2.19. The van der Waals surface area contributed by atoms with Crippen molar-refractivity contribution in [2.75, 3.05) is 5.32 Å². The van der Waals surface area contributed by atoms with Gasteiger partial charge in [0.15, 0.2) is 0 Å². The summed E-state index contributed by atoms with van der Waals surface area (Å²) in [5.41, 5.74) is 5.60. The summed E-state index contributed by atoms with van der Waals surface area (Å²) in [5.74, 6) is -0.0746. The Morgan fingerprint density at radius 1 is 1.05 bits per heavy atom. The number of hydrogen-bond donors (Lipinski definition) is 1. The van der Waals surface area contributed by atoms with Gasteiger partial charge in [-0.05, 0) is 55.3 Å². The van der Waals surface area contributed by atoms with Crippen LogP contribution in [-0.4, -0.2) is 15.9 Å². The molecule has 2 heterocycles. The van der Waals surface area contributed by atoms with Gasteiger partial charge < -0.3 is 5.32 Å². The number of benzene rings is 1. The topological polar surface area (TPSA) is 54.9 Å². The predicted molar refractivity (Wildman–Crippen MR) is 88.8 cm³/mol. The Bertz CT molecular complexity index is 857. The lowest BCUT2D eigenvalue weighted by Gasteiger charge is -2.11. The van der Waals surface area contributed by atoms with Crippen molar-refractivity contribution in [2.24, 2.45) is 0 Å². The minimum atomic E-state index is -0.0746. The van der Waals surface area contributed by atoms with Gasteiger partial charge in [0.1, 0.15) is 0 Å². The van der Waals surface area contributed by atoms with Gasteiger partial charge in [-0.2, -0.15) is 0 Å².